The van der Waals surface area contributed by atoms with E-state index in [1.807, 2.05) is 0 Å². The number of nitrogens with zero attached hydrogens (tertiary/aromatic N) is 1. The maximum Gasteiger partial charge on any atom is 0.305 e. The number of carbonyl (C=O) groups is 1. The molecule has 4 heteroatoms. The zero-order chi connectivity index (χ0) is 14.8. The molecule has 1 heterocycles. The van der Waals surface area contributed by atoms with Gasteiger partial charge in [-0.2, -0.15) is 0 Å². The molecular formula is C16H29NO3. The van der Waals surface area contributed by atoms with E-state index in [9.17, 15) is 9.90 Å². The van der Waals surface area contributed by atoms with Crippen LogP contribution in [0.4, 0.5) is 0 Å². The fourth-order valence-corrected chi connectivity index (χ4v) is 4.06. The van der Waals surface area contributed by atoms with Crippen LogP contribution in [0.1, 0.15) is 65.2 Å². The maximum absolute atomic E-state index is 11.3. The second-order valence-corrected chi connectivity index (χ2v) is 7.22. The Labute approximate surface area is 122 Å². The van der Waals surface area contributed by atoms with E-state index in [-0.39, 0.29) is 17.6 Å². The molecule has 2 aliphatic rings. The Kier molecular flexibility index (Phi) is 4.75. The van der Waals surface area contributed by atoms with Gasteiger partial charge >= 0.3 is 5.97 Å². The number of rotatable bonds is 4. The summed E-state index contributed by atoms with van der Waals surface area (Å²) < 4.78 is 5.80. The number of carboxylic acids is 1. The van der Waals surface area contributed by atoms with Crippen molar-refractivity contribution in [2.45, 2.75) is 82.4 Å². The number of ether oxygens (including phenoxy) is 1. The van der Waals surface area contributed by atoms with E-state index in [0.717, 1.165) is 45.1 Å². The van der Waals surface area contributed by atoms with Crippen molar-refractivity contribution < 1.29 is 14.6 Å². The van der Waals surface area contributed by atoms with Crippen LogP contribution in [-0.2, 0) is 9.53 Å². The fourth-order valence-electron chi connectivity index (χ4n) is 4.06. The zero-order valence-corrected chi connectivity index (χ0v) is 13.2. The molecule has 1 aliphatic heterocycles. The molecule has 2 rings (SSSR count). The first-order valence-electron chi connectivity index (χ1n) is 7.93. The van der Waals surface area contributed by atoms with Gasteiger partial charge < -0.3 is 9.84 Å². The van der Waals surface area contributed by atoms with Gasteiger partial charge in [-0.15, -0.1) is 0 Å². The highest BCUT2D eigenvalue weighted by molar-refractivity contribution is 5.68. The molecule has 1 N–H and O–H groups in total. The third-order valence-corrected chi connectivity index (χ3v) is 5.23. The van der Waals surface area contributed by atoms with Crippen molar-refractivity contribution in [3.05, 3.63) is 0 Å². The van der Waals surface area contributed by atoms with Gasteiger partial charge in [0, 0.05) is 18.2 Å². The minimum absolute atomic E-state index is 0.0870. The molecule has 0 bridgehead atoms. The van der Waals surface area contributed by atoms with Gasteiger partial charge in [-0.1, -0.05) is 19.3 Å². The maximum atomic E-state index is 11.3. The van der Waals surface area contributed by atoms with Gasteiger partial charge in [0.25, 0.3) is 0 Å². The Morgan fingerprint density at radius 3 is 2.50 bits per heavy atom. The third kappa shape index (κ3) is 3.53. The van der Waals surface area contributed by atoms with Gasteiger partial charge in [-0.05, 0) is 46.6 Å². The summed E-state index contributed by atoms with van der Waals surface area (Å²) in [5.74, 6) is -0.662. The van der Waals surface area contributed by atoms with E-state index in [1.165, 1.54) is 6.42 Å². The van der Waals surface area contributed by atoms with Crippen LogP contribution in [0.2, 0.25) is 0 Å². The summed E-state index contributed by atoms with van der Waals surface area (Å²) in [5.41, 5.74) is -0.224. The third-order valence-electron chi connectivity index (χ3n) is 5.23. The zero-order valence-electron chi connectivity index (χ0n) is 13.2. The van der Waals surface area contributed by atoms with Crippen LogP contribution in [0.15, 0.2) is 0 Å². The number of hydrogen-bond acceptors (Lipinski definition) is 3. The van der Waals surface area contributed by atoms with Crippen molar-refractivity contribution in [3.63, 3.8) is 0 Å². The van der Waals surface area contributed by atoms with E-state index in [4.69, 9.17) is 4.74 Å². The predicted molar refractivity (Wildman–Crippen MR) is 78.9 cm³/mol. The van der Waals surface area contributed by atoms with Crippen LogP contribution in [-0.4, -0.2) is 46.8 Å². The lowest BCUT2D eigenvalue weighted by atomic mass is 9.76. The van der Waals surface area contributed by atoms with Crippen LogP contribution in [0.25, 0.3) is 0 Å². The Hall–Kier alpha value is -0.610. The van der Waals surface area contributed by atoms with Gasteiger partial charge in [0.2, 0.25) is 0 Å². The average molecular weight is 283 g/mol. The smallest absolute Gasteiger partial charge is 0.305 e. The molecule has 20 heavy (non-hydrogen) atoms. The molecular weight excluding hydrogens is 254 g/mol. The first-order chi connectivity index (χ1) is 9.35. The number of carboxylic acid groups (broad SMARTS) is 1. The van der Waals surface area contributed by atoms with Crippen molar-refractivity contribution in [2.75, 3.05) is 13.7 Å². The van der Waals surface area contributed by atoms with Gasteiger partial charge in [0.05, 0.1) is 12.0 Å². The Bertz CT molecular complexity index is 348. The summed E-state index contributed by atoms with van der Waals surface area (Å²) in [6.07, 6.45) is 7.89. The molecule has 0 spiro atoms. The largest absolute Gasteiger partial charge is 0.481 e. The van der Waals surface area contributed by atoms with Crippen molar-refractivity contribution in [2.24, 2.45) is 0 Å². The molecule has 1 unspecified atom stereocenters. The molecule has 0 aromatic rings. The second-order valence-electron chi connectivity index (χ2n) is 7.22. The van der Waals surface area contributed by atoms with E-state index < -0.39 is 5.97 Å². The topological polar surface area (TPSA) is 49.8 Å². The van der Waals surface area contributed by atoms with Crippen LogP contribution in [0, 0.1) is 0 Å². The van der Waals surface area contributed by atoms with Crippen LogP contribution in [0.3, 0.4) is 0 Å². The first-order valence-corrected chi connectivity index (χ1v) is 7.93. The first kappa shape index (κ1) is 15.8. The quantitative estimate of drug-likeness (QED) is 0.861. The molecule has 0 radical (unpaired) electrons. The lowest BCUT2D eigenvalue weighted by molar-refractivity contribution is -0.144. The van der Waals surface area contributed by atoms with Gasteiger partial charge in [0.15, 0.2) is 0 Å². The molecule has 0 aromatic carbocycles. The SMILES string of the molecule is CN(C1CCOC(C)(C)C1)C1(CC(=O)O)CCCCC1. The lowest BCUT2D eigenvalue weighted by Crippen LogP contribution is -2.56. The van der Waals surface area contributed by atoms with Crippen LogP contribution in [0.5, 0.6) is 0 Å². The van der Waals surface area contributed by atoms with Crippen molar-refractivity contribution in [1.82, 2.24) is 4.90 Å². The molecule has 2 fully saturated rings. The molecule has 1 saturated heterocycles. The highest BCUT2D eigenvalue weighted by Crippen LogP contribution is 2.40. The highest BCUT2D eigenvalue weighted by Gasteiger charge is 2.43. The monoisotopic (exact) mass is 283 g/mol. The van der Waals surface area contributed by atoms with E-state index in [1.54, 1.807) is 0 Å². The van der Waals surface area contributed by atoms with Crippen molar-refractivity contribution in [3.8, 4) is 0 Å². The lowest BCUT2D eigenvalue weighted by Gasteiger charge is -2.50. The van der Waals surface area contributed by atoms with Gasteiger partial charge in [-0.25, -0.2) is 0 Å². The van der Waals surface area contributed by atoms with Crippen LogP contribution < -0.4 is 0 Å². The van der Waals surface area contributed by atoms with Crippen molar-refractivity contribution in [1.29, 1.82) is 0 Å². The average Bonchev–Trinajstić information content (AvgIpc) is 2.37. The molecule has 0 amide bonds. The van der Waals surface area contributed by atoms with E-state index >= 15 is 0 Å². The van der Waals surface area contributed by atoms with E-state index in [0.29, 0.717) is 6.04 Å². The summed E-state index contributed by atoms with van der Waals surface area (Å²) in [4.78, 5) is 13.7. The summed E-state index contributed by atoms with van der Waals surface area (Å²) in [5, 5.41) is 9.33. The van der Waals surface area contributed by atoms with Gasteiger partial charge in [0.1, 0.15) is 0 Å². The van der Waals surface area contributed by atoms with Gasteiger partial charge in [-0.3, -0.25) is 9.69 Å². The minimum Gasteiger partial charge on any atom is -0.481 e. The molecule has 1 saturated carbocycles. The predicted octanol–water partition coefficient (Wildman–Crippen LogP) is 3.05. The van der Waals surface area contributed by atoms with Crippen molar-refractivity contribution >= 4 is 5.97 Å². The summed E-state index contributed by atoms with van der Waals surface area (Å²) >= 11 is 0. The normalized spacial score (nSPS) is 29.3. The standard InChI is InChI=1S/C16H29NO3/c1-15(2)11-13(7-10-20-15)17(3)16(12-14(18)19)8-5-4-6-9-16/h13H,4-12H2,1-3H3,(H,18,19). The molecule has 116 valence electrons. The number of aliphatic carboxylic acids is 1. The molecule has 0 aromatic heterocycles. The molecule has 1 aliphatic carbocycles. The van der Waals surface area contributed by atoms with E-state index in [2.05, 4.69) is 25.8 Å². The minimum atomic E-state index is -0.662. The summed E-state index contributed by atoms with van der Waals surface area (Å²) in [6.45, 7) is 5.06. The second kappa shape index (κ2) is 6.02. The fraction of sp³-hybridized carbons (Fsp3) is 0.938. The molecule has 4 nitrogen and oxygen atoms in total. The summed E-state index contributed by atoms with van der Waals surface area (Å²) in [7, 11) is 2.14. The Morgan fingerprint density at radius 2 is 1.95 bits per heavy atom. The molecule has 1 atom stereocenters. The Morgan fingerprint density at radius 1 is 1.30 bits per heavy atom. The Balaban J connectivity index is 2.13. The number of hydrogen-bond donors (Lipinski definition) is 1. The summed E-state index contributed by atoms with van der Waals surface area (Å²) in [6, 6.07) is 0.441. The van der Waals surface area contributed by atoms with Crippen LogP contribution >= 0.6 is 0 Å². The highest BCUT2D eigenvalue weighted by atomic mass is 16.5.